The molecule has 0 unspecified atom stereocenters. The lowest BCUT2D eigenvalue weighted by atomic mass is 9.79. The van der Waals surface area contributed by atoms with Crippen molar-refractivity contribution >= 4 is 45.6 Å². The van der Waals surface area contributed by atoms with Crippen molar-refractivity contribution in [2.75, 3.05) is 24.6 Å². The molecule has 6 nitrogen and oxygen atoms in total. The average Bonchev–Trinajstić information content (AvgIpc) is 3.19. The van der Waals surface area contributed by atoms with E-state index in [0.717, 1.165) is 18.4 Å². The summed E-state index contributed by atoms with van der Waals surface area (Å²) in [5, 5.41) is 6.80. The van der Waals surface area contributed by atoms with Gasteiger partial charge in [-0.15, -0.1) is 24.0 Å². The Bertz CT molecular complexity index is 943. The zero-order chi connectivity index (χ0) is 20.7. The maximum absolute atomic E-state index is 11.6. The Morgan fingerprint density at radius 1 is 1.00 bits per heavy atom. The van der Waals surface area contributed by atoms with Gasteiger partial charge in [0.2, 0.25) is 10.0 Å². The van der Waals surface area contributed by atoms with Crippen molar-refractivity contribution in [2.45, 2.75) is 37.6 Å². The van der Waals surface area contributed by atoms with Gasteiger partial charge in [-0.3, -0.25) is 9.71 Å². The number of nitrogens with one attached hydrogen (secondary N) is 3. The fourth-order valence-electron chi connectivity index (χ4n) is 4.04. The Balaban J connectivity index is 0.00000320. The molecular formula is C22H31IN4O2S. The Morgan fingerprint density at radius 3 is 2.27 bits per heavy atom. The normalized spacial score (nSPS) is 15.9. The molecule has 0 saturated heterocycles. The van der Waals surface area contributed by atoms with Crippen LogP contribution in [0.1, 0.15) is 36.8 Å². The molecule has 2 aromatic rings. The molecule has 1 fully saturated rings. The van der Waals surface area contributed by atoms with Gasteiger partial charge in [-0.05, 0) is 30.0 Å². The fourth-order valence-corrected chi connectivity index (χ4v) is 4.64. The van der Waals surface area contributed by atoms with Gasteiger partial charge in [0.15, 0.2) is 5.96 Å². The number of nitrogens with zero attached hydrogens (tertiary/aromatic N) is 1. The molecule has 2 aromatic carbocycles. The van der Waals surface area contributed by atoms with E-state index in [1.165, 1.54) is 31.2 Å². The summed E-state index contributed by atoms with van der Waals surface area (Å²) in [5.74, 6) is 0.710. The zero-order valence-corrected chi connectivity index (χ0v) is 20.7. The highest BCUT2D eigenvalue weighted by atomic mass is 127. The number of benzene rings is 2. The van der Waals surface area contributed by atoms with Crippen LogP contribution in [0.2, 0.25) is 0 Å². The Labute approximate surface area is 197 Å². The van der Waals surface area contributed by atoms with E-state index in [0.29, 0.717) is 18.2 Å². The van der Waals surface area contributed by atoms with Crippen LogP contribution in [0, 0.1) is 0 Å². The molecule has 30 heavy (non-hydrogen) atoms. The molecular weight excluding hydrogens is 511 g/mol. The number of halogens is 1. The molecule has 1 saturated carbocycles. The van der Waals surface area contributed by atoms with Gasteiger partial charge in [0.1, 0.15) is 0 Å². The quantitative estimate of drug-likeness (QED) is 0.282. The van der Waals surface area contributed by atoms with Crippen LogP contribution < -0.4 is 15.4 Å². The minimum absolute atomic E-state index is 0. The molecule has 0 heterocycles. The number of para-hydroxylation sites is 1. The largest absolute Gasteiger partial charge is 0.356 e. The molecule has 0 atom stereocenters. The maximum Gasteiger partial charge on any atom is 0.229 e. The van der Waals surface area contributed by atoms with Gasteiger partial charge >= 0.3 is 0 Å². The summed E-state index contributed by atoms with van der Waals surface area (Å²) in [7, 11) is -1.58. The molecule has 0 aromatic heterocycles. The van der Waals surface area contributed by atoms with E-state index in [2.05, 4.69) is 50.7 Å². The Hall–Kier alpha value is -1.81. The predicted molar refractivity (Wildman–Crippen MR) is 135 cm³/mol. The highest BCUT2D eigenvalue weighted by Gasteiger charge is 2.35. The van der Waals surface area contributed by atoms with Crippen LogP contribution in [0.25, 0.3) is 0 Å². The third kappa shape index (κ3) is 6.60. The molecule has 1 aliphatic rings. The zero-order valence-electron chi connectivity index (χ0n) is 17.5. The number of anilines is 1. The molecule has 0 bridgehead atoms. The average molecular weight is 542 g/mol. The predicted octanol–water partition coefficient (Wildman–Crippen LogP) is 3.85. The molecule has 0 aliphatic heterocycles. The van der Waals surface area contributed by atoms with Crippen LogP contribution in [0.4, 0.5) is 5.69 Å². The molecule has 3 rings (SSSR count). The highest BCUT2D eigenvalue weighted by Crippen LogP contribution is 2.40. The Kier molecular flexibility index (Phi) is 8.96. The first-order chi connectivity index (χ1) is 13.9. The molecule has 1 aliphatic carbocycles. The van der Waals surface area contributed by atoms with Gasteiger partial charge in [-0.25, -0.2) is 8.42 Å². The molecule has 0 amide bonds. The number of sulfonamides is 1. The van der Waals surface area contributed by atoms with Crippen molar-refractivity contribution < 1.29 is 8.42 Å². The van der Waals surface area contributed by atoms with E-state index in [1.54, 1.807) is 13.1 Å². The van der Waals surface area contributed by atoms with Crippen molar-refractivity contribution in [1.29, 1.82) is 0 Å². The number of aliphatic imine (C=N–C) groups is 1. The first kappa shape index (κ1) is 24.5. The summed E-state index contributed by atoms with van der Waals surface area (Å²) in [6.07, 6.45) is 5.98. The summed E-state index contributed by atoms with van der Waals surface area (Å²) in [6, 6.07) is 18.1. The standard InChI is InChI=1S/C22H30N4O2S.HI/c1-23-21(24-16-18-10-6-7-13-20(18)26-29(2,27)28)25-17-22(14-8-9-15-22)19-11-4-3-5-12-19;/h3-7,10-13,26H,8-9,14-17H2,1-2H3,(H2,23,24,25);1H. The van der Waals surface area contributed by atoms with E-state index in [4.69, 9.17) is 0 Å². The topological polar surface area (TPSA) is 82.6 Å². The second-order valence-corrected chi connectivity index (χ2v) is 9.41. The third-order valence-corrected chi connectivity index (χ3v) is 6.11. The summed E-state index contributed by atoms with van der Waals surface area (Å²) in [5.41, 5.74) is 2.95. The summed E-state index contributed by atoms with van der Waals surface area (Å²) >= 11 is 0. The number of rotatable bonds is 7. The maximum atomic E-state index is 11.6. The minimum atomic E-state index is -3.33. The van der Waals surface area contributed by atoms with Gasteiger partial charge in [0.25, 0.3) is 0 Å². The van der Waals surface area contributed by atoms with Gasteiger partial charge < -0.3 is 10.6 Å². The lowest BCUT2D eigenvalue weighted by Crippen LogP contribution is -2.44. The first-order valence-corrected chi connectivity index (χ1v) is 11.9. The van der Waals surface area contributed by atoms with Crippen molar-refractivity contribution in [1.82, 2.24) is 10.6 Å². The van der Waals surface area contributed by atoms with E-state index < -0.39 is 10.0 Å². The molecule has 164 valence electrons. The van der Waals surface area contributed by atoms with Crippen molar-refractivity contribution in [3.63, 3.8) is 0 Å². The number of hydrogen-bond donors (Lipinski definition) is 3. The van der Waals surface area contributed by atoms with Gasteiger partial charge in [-0.2, -0.15) is 0 Å². The fraction of sp³-hybridized carbons (Fsp3) is 0.409. The van der Waals surface area contributed by atoms with E-state index in [9.17, 15) is 8.42 Å². The van der Waals surface area contributed by atoms with Gasteiger partial charge in [-0.1, -0.05) is 61.4 Å². The number of guanidine groups is 1. The van der Waals surface area contributed by atoms with Crippen LogP contribution in [-0.2, 0) is 22.0 Å². The van der Waals surface area contributed by atoms with Crippen molar-refractivity contribution in [3.05, 3.63) is 65.7 Å². The lowest BCUT2D eigenvalue weighted by molar-refractivity contribution is 0.431. The SMILES string of the molecule is CN=C(NCc1ccccc1NS(C)(=O)=O)NCC1(c2ccccc2)CCCC1.I. The summed E-state index contributed by atoms with van der Waals surface area (Å²) in [6.45, 7) is 1.29. The lowest BCUT2D eigenvalue weighted by Gasteiger charge is -2.31. The van der Waals surface area contributed by atoms with Crippen molar-refractivity contribution in [2.24, 2.45) is 4.99 Å². The van der Waals surface area contributed by atoms with E-state index in [-0.39, 0.29) is 29.4 Å². The number of hydrogen-bond acceptors (Lipinski definition) is 3. The third-order valence-electron chi connectivity index (χ3n) is 5.52. The van der Waals surface area contributed by atoms with E-state index in [1.807, 2.05) is 18.2 Å². The minimum Gasteiger partial charge on any atom is -0.356 e. The molecule has 0 spiro atoms. The highest BCUT2D eigenvalue weighted by molar-refractivity contribution is 14.0. The molecule has 3 N–H and O–H groups in total. The monoisotopic (exact) mass is 542 g/mol. The van der Waals surface area contributed by atoms with Crippen LogP contribution in [-0.4, -0.2) is 34.2 Å². The second-order valence-electron chi connectivity index (χ2n) is 7.66. The van der Waals surface area contributed by atoms with Crippen molar-refractivity contribution in [3.8, 4) is 0 Å². The van der Waals surface area contributed by atoms with Crippen LogP contribution in [0.3, 0.4) is 0 Å². The summed E-state index contributed by atoms with van der Waals surface area (Å²) in [4.78, 5) is 4.35. The molecule has 8 heteroatoms. The Morgan fingerprint density at radius 2 is 1.63 bits per heavy atom. The first-order valence-electron chi connectivity index (χ1n) is 9.98. The summed E-state index contributed by atoms with van der Waals surface area (Å²) < 4.78 is 25.8. The van der Waals surface area contributed by atoms with Crippen LogP contribution in [0.15, 0.2) is 59.6 Å². The van der Waals surface area contributed by atoms with Gasteiger partial charge in [0.05, 0.1) is 11.9 Å². The van der Waals surface area contributed by atoms with E-state index >= 15 is 0 Å². The van der Waals surface area contributed by atoms with Crippen LogP contribution >= 0.6 is 24.0 Å². The van der Waals surface area contributed by atoms with Gasteiger partial charge in [0, 0.05) is 25.6 Å². The molecule has 0 radical (unpaired) electrons. The van der Waals surface area contributed by atoms with Crippen LogP contribution in [0.5, 0.6) is 0 Å². The smallest absolute Gasteiger partial charge is 0.229 e. The second kappa shape index (κ2) is 11.0.